The van der Waals surface area contributed by atoms with E-state index < -0.39 is 9.84 Å². The number of sulfone groups is 1. The molecule has 0 saturated carbocycles. The Morgan fingerprint density at radius 1 is 1.29 bits per heavy atom. The van der Waals surface area contributed by atoms with Gasteiger partial charge in [-0.1, -0.05) is 17.7 Å². The summed E-state index contributed by atoms with van der Waals surface area (Å²) < 4.78 is 23.3. The molecule has 1 aliphatic rings. The second-order valence-corrected chi connectivity index (χ2v) is 8.68. The first-order chi connectivity index (χ1) is 11.3. The number of benzene rings is 1. The molecular weight excluding hydrogens is 348 g/mol. The van der Waals surface area contributed by atoms with Gasteiger partial charge in [0.2, 0.25) is 0 Å². The zero-order valence-electron chi connectivity index (χ0n) is 13.5. The highest BCUT2D eigenvalue weighted by Crippen LogP contribution is 2.26. The van der Waals surface area contributed by atoms with Crippen molar-refractivity contribution in [2.45, 2.75) is 19.4 Å². The lowest BCUT2D eigenvalue weighted by molar-refractivity contribution is 0.600. The Hall–Kier alpha value is -1.86. The lowest BCUT2D eigenvalue weighted by Gasteiger charge is -2.24. The summed E-state index contributed by atoms with van der Waals surface area (Å²) in [4.78, 5) is 10.4. The highest BCUT2D eigenvalue weighted by Gasteiger charge is 2.31. The molecule has 1 aromatic heterocycles. The van der Waals surface area contributed by atoms with Crippen LogP contribution in [0.5, 0.6) is 0 Å². The molecule has 24 heavy (non-hydrogen) atoms. The van der Waals surface area contributed by atoms with Crippen molar-refractivity contribution in [3.05, 3.63) is 41.2 Å². The van der Waals surface area contributed by atoms with Crippen LogP contribution in [0.4, 0.5) is 17.3 Å². The average molecular weight is 367 g/mol. The van der Waals surface area contributed by atoms with Crippen molar-refractivity contribution in [1.82, 2.24) is 9.97 Å². The molecule has 3 rings (SSSR count). The number of aromatic nitrogens is 2. The summed E-state index contributed by atoms with van der Waals surface area (Å²) in [5, 5.41) is 3.88. The second-order valence-electron chi connectivity index (χ2n) is 6.01. The van der Waals surface area contributed by atoms with E-state index in [0.717, 1.165) is 11.3 Å². The standard InChI is InChI=1S/C16H19ClN4O2S/c1-11-3-4-12(17)7-14(11)20-15-8-16(19-10-18-15)21(2)13-5-6-24(22,23)9-13/h3-4,7-8,10,13H,5-6,9H2,1-2H3,(H,18,19,20). The van der Waals surface area contributed by atoms with E-state index in [1.165, 1.54) is 6.33 Å². The van der Waals surface area contributed by atoms with Gasteiger partial charge >= 0.3 is 0 Å². The Bertz CT molecular complexity index is 857. The topological polar surface area (TPSA) is 75.2 Å². The van der Waals surface area contributed by atoms with Gasteiger partial charge in [-0.15, -0.1) is 0 Å². The fourth-order valence-corrected chi connectivity index (χ4v) is 4.69. The van der Waals surface area contributed by atoms with E-state index in [-0.39, 0.29) is 17.5 Å². The quantitative estimate of drug-likeness (QED) is 0.896. The van der Waals surface area contributed by atoms with Crippen molar-refractivity contribution in [2.24, 2.45) is 0 Å². The number of anilines is 3. The maximum absolute atomic E-state index is 11.7. The van der Waals surface area contributed by atoms with Crippen LogP contribution in [0.1, 0.15) is 12.0 Å². The van der Waals surface area contributed by atoms with Crippen LogP contribution in [-0.4, -0.2) is 43.0 Å². The molecular formula is C16H19ClN4O2S. The van der Waals surface area contributed by atoms with Gasteiger partial charge < -0.3 is 10.2 Å². The molecule has 6 nitrogen and oxygen atoms in total. The van der Waals surface area contributed by atoms with E-state index in [2.05, 4.69) is 15.3 Å². The van der Waals surface area contributed by atoms with Gasteiger partial charge in [-0.2, -0.15) is 0 Å². The summed E-state index contributed by atoms with van der Waals surface area (Å²) in [7, 11) is -1.07. The molecule has 128 valence electrons. The third-order valence-electron chi connectivity index (χ3n) is 4.23. The molecule has 0 amide bonds. The smallest absolute Gasteiger partial charge is 0.152 e. The zero-order valence-corrected chi connectivity index (χ0v) is 15.1. The van der Waals surface area contributed by atoms with Crippen LogP contribution in [0, 0.1) is 6.92 Å². The van der Waals surface area contributed by atoms with Gasteiger partial charge in [0.05, 0.1) is 11.5 Å². The normalized spacial score (nSPS) is 19.2. The van der Waals surface area contributed by atoms with Crippen LogP contribution in [0.15, 0.2) is 30.6 Å². The molecule has 1 atom stereocenters. The summed E-state index contributed by atoms with van der Waals surface area (Å²) in [6, 6.07) is 7.37. The summed E-state index contributed by atoms with van der Waals surface area (Å²) in [5.74, 6) is 1.73. The molecule has 1 aliphatic heterocycles. The molecule has 2 heterocycles. The number of nitrogens with one attached hydrogen (secondary N) is 1. The molecule has 0 radical (unpaired) electrons. The third kappa shape index (κ3) is 3.79. The predicted octanol–water partition coefficient (Wildman–Crippen LogP) is 2.81. The van der Waals surface area contributed by atoms with Gasteiger partial charge in [0.25, 0.3) is 0 Å². The molecule has 0 bridgehead atoms. The lowest BCUT2D eigenvalue weighted by Crippen LogP contribution is -2.33. The Morgan fingerprint density at radius 2 is 2.08 bits per heavy atom. The van der Waals surface area contributed by atoms with E-state index in [1.54, 1.807) is 0 Å². The number of aryl methyl sites for hydroxylation is 1. The van der Waals surface area contributed by atoms with E-state index in [1.807, 2.05) is 43.1 Å². The minimum Gasteiger partial charge on any atom is -0.355 e. The number of halogens is 1. The minimum absolute atomic E-state index is 0.0503. The van der Waals surface area contributed by atoms with Crippen LogP contribution >= 0.6 is 11.6 Å². The first-order valence-corrected chi connectivity index (χ1v) is 9.82. The number of rotatable bonds is 4. The second kappa shape index (κ2) is 6.57. The first-order valence-electron chi connectivity index (χ1n) is 7.62. The van der Waals surface area contributed by atoms with Crippen LogP contribution in [0.3, 0.4) is 0 Å². The Balaban J connectivity index is 1.80. The van der Waals surface area contributed by atoms with Gasteiger partial charge in [0.15, 0.2) is 9.84 Å². The molecule has 0 spiro atoms. The largest absolute Gasteiger partial charge is 0.355 e. The average Bonchev–Trinajstić information content (AvgIpc) is 2.90. The van der Waals surface area contributed by atoms with Crippen molar-refractivity contribution in [3.63, 3.8) is 0 Å². The van der Waals surface area contributed by atoms with Gasteiger partial charge in [-0.3, -0.25) is 0 Å². The molecule has 1 fully saturated rings. The van der Waals surface area contributed by atoms with Crippen molar-refractivity contribution < 1.29 is 8.42 Å². The molecule has 2 aromatic rings. The first kappa shape index (κ1) is 17.0. The monoisotopic (exact) mass is 366 g/mol. The van der Waals surface area contributed by atoms with Crippen LogP contribution < -0.4 is 10.2 Å². The summed E-state index contributed by atoms with van der Waals surface area (Å²) in [6.07, 6.45) is 2.09. The maximum atomic E-state index is 11.7. The van der Waals surface area contributed by atoms with E-state index >= 15 is 0 Å². The van der Waals surface area contributed by atoms with E-state index in [4.69, 9.17) is 11.6 Å². The minimum atomic E-state index is -2.93. The van der Waals surface area contributed by atoms with Gasteiger partial charge in [-0.25, -0.2) is 18.4 Å². The Kier molecular flexibility index (Phi) is 4.64. The van der Waals surface area contributed by atoms with Crippen LogP contribution in [-0.2, 0) is 9.84 Å². The molecule has 1 unspecified atom stereocenters. The summed E-state index contributed by atoms with van der Waals surface area (Å²) >= 11 is 6.04. The van der Waals surface area contributed by atoms with Crippen molar-refractivity contribution in [1.29, 1.82) is 0 Å². The summed E-state index contributed by atoms with van der Waals surface area (Å²) in [6.45, 7) is 1.98. The zero-order chi connectivity index (χ0) is 17.3. The fraction of sp³-hybridized carbons (Fsp3) is 0.375. The van der Waals surface area contributed by atoms with Gasteiger partial charge in [-0.05, 0) is 31.0 Å². The Morgan fingerprint density at radius 3 is 2.79 bits per heavy atom. The van der Waals surface area contributed by atoms with Crippen LogP contribution in [0.2, 0.25) is 5.02 Å². The van der Waals surface area contributed by atoms with Crippen molar-refractivity contribution in [3.8, 4) is 0 Å². The summed E-state index contributed by atoms with van der Waals surface area (Å²) in [5.41, 5.74) is 1.92. The Labute approximate surface area is 146 Å². The SMILES string of the molecule is Cc1ccc(Cl)cc1Nc1cc(N(C)C2CCS(=O)(=O)C2)ncn1. The van der Waals surface area contributed by atoms with E-state index in [9.17, 15) is 8.42 Å². The lowest BCUT2D eigenvalue weighted by atomic mass is 10.2. The highest BCUT2D eigenvalue weighted by molar-refractivity contribution is 7.91. The molecule has 1 N–H and O–H groups in total. The van der Waals surface area contributed by atoms with Crippen molar-refractivity contribution >= 4 is 38.8 Å². The number of hydrogen-bond acceptors (Lipinski definition) is 6. The fourth-order valence-electron chi connectivity index (χ4n) is 2.74. The third-order valence-corrected chi connectivity index (χ3v) is 6.22. The van der Waals surface area contributed by atoms with Gasteiger partial charge in [0, 0.05) is 29.9 Å². The highest BCUT2D eigenvalue weighted by atomic mass is 35.5. The van der Waals surface area contributed by atoms with Crippen molar-refractivity contribution in [2.75, 3.05) is 28.8 Å². The molecule has 1 aromatic carbocycles. The number of nitrogens with zero attached hydrogens (tertiary/aromatic N) is 3. The maximum Gasteiger partial charge on any atom is 0.152 e. The van der Waals surface area contributed by atoms with Gasteiger partial charge in [0.1, 0.15) is 18.0 Å². The molecule has 1 saturated heterocycles. The molecule has 0 aliphatic carbocycles. The van der Waals surface area contributed by atoms with Crippen LogP contribution in [0.25, 0.3) is 0 Å². The number of hydrogen-bond donors (Lipinski definition) is 1. The predicted molar refractivity (Wildman–Crippen MR) is 97.0 cm³/mol. The molecule has 8 heteroatoms. The van der Waals surface area contributed by atoms with E-state index in [0.29, 0.717) is 23.1 Å².